The van der Waals surface area contributed by atoms with Gasteiger partial charge in [0.05, 0.1) is 6.61 Å². The van der Waals surface area contributed by atoms with Gasteiger partial charge in [-0.15, -0.1) is 0 Å². The van der Waals surface area contributed by atoms with Crippen LogP contribution in [-0.4, -0.2) is 11.7 Å². The molecule has 0 heterocycles. The SMILES string of the molecule is CC(C)C(=CCO)CC[C@@H](C)[C@H]1CC[C@H]2C3=C(CC[C@]12C)[C@@]1(C)CCCCC1CC3. The Balaban J connectivity index is 1.50. The third-order valence-corrected chi connectivity index (χ3v) is 10.7. The summed E-state index contributed by atoms with van der Waals surface area (Å²) in [6, 6.07) is 0. The molecule has 0 aromatic rings. The van der Waals surface area contributed by atoms with E-state index in [1.165, 1.54) is 82.6 Å². The van der Waals surface area contributed by atoms with Gasteiger partial charge in [-0.05, 0) is 105 Å². The lowest BCUT2D eigenvalue weighted by atomic mass is 9.50. The average Bonchev–Trinajstić information content (AvgIpc) is 3.07. The van der Waals surface area contributed by atoms with Crippen molar-refractivity contribution < 1.29 is 5.11 Å². The third-order valence-electron chi connectivity index (χ3n) is 10.7. The summed E-state index contributed by atoms with van der Waals surface area (Å²) in [5.74, 6) is 4.11. The van der Waals surface area contributed by atoms with Crippen molar-refractivity contribution in [3.63, 3.8) is 0 Å². The van der Waals surface area contributed by atoms with E-state index in [2.05, 4.69) is 40.7 Å². The molecule has 4 aliphatic carbocycles. The maximum absolute atomic E-state index is 9.39. The highest BCUT2D eigenvalue weighted by atomic mass is 16.2. The second-order valence-corrected chi connectivity index (χ2v) is 12.3. The van der Waals surface area contributed by atoms with Crippen LogP contribution in [0.4, 0.5) is 0 Å². The molecule has 6 atom stereocenters. The Hall–Kier alpha value is -0.560. The summed E-state index contributed by atoms with van der Waals surface area (Å²) in [4.78, 5) is 0. The minimum Gasteiger partial charge on any atom is -0.392 e. The number of allylic oxidation sites excluding steroid dienone is 3. The van der Waals surface area contributed by atoms with Gasteiger partial charge in [-0.3, -0.25) is 0 Å². The van der Waals surface area contributed by atoms with E-state index in [0.29, 0.717) is 16.7 Å². The van der Waals surface area contributed by atoms with Crippen LogP contribution in [0.5, 0.6) is 0 Å². The van der Waals surface area contributed by atoms with Crippen molar-refractivity contribution in [1.29, 1.82) is 0 Å². The van der Waals surface area contributed by atoms with Crippen molar-refractivity contribution >= 4 is 0 Å². The lowest BCUT2D eigenvalue weighted by Crippen LogP contribution is -2.43. The van der Waals surface area contributed by atoms with Crippen LogP contribution < -0.4 is 0 Å². The van der Waals surface area contributed by atoms with Gasteiger partial charge in [0.25, 0.3) is 0 Å². The normalized spacial score (nSPS) is 40.2. The van der Waals surface area contributed by atoms with Crippen LogP contribution in [0.2, 0.25) is 0 Å². The van der Waals surface area contributed by atoms with Crippen LogP contribution in [0.1, 0.15) is 112 Å². The molecule has 1 heteroatoms. The van der Waals surface area contributed by atoms with E-state index < -0.39 is 0 Å². The average molecular weight is 413 g/mol. The van der Waals surface area contributed by atoms with E-state index in [1.807, 2.05) is 11.1 Å². The summed E-state index contributed by atoms with van der Waals surface area (Å²) in [5, 5.41) is 9.39. The first-order chi connectivity index (χ1) is 14.3. The fourth-order valence-corrected chi connectivity index (χ4v) is 8.81. The zero-order valence-corrected chi connectivity index (χ0v) is 20.6. The monoisotopic (exact) mass is 412 g/mol. The first-order valence-electron chi connectivity index (χ1n) is 13.3. The highest BCUT2D eigenvalue weighted by molar-refractivity contribution is 5.34. The van der Waals surface area contributed by atoms with Crippen LogP contribution in [0.15, 0.2) is 22.8 Å². The largest absolute Gasteiger partial charge is 0.392 e. The number of aliphatic hydroxyl groups excluding tert-OH is 1. The van der Waals surface area contributed by atoms with Crippen molar-refractivity contribution in [2.75, 3.05) is 6.61 Å². The third kappa shape index (κ3) is 3.76. The molecule has 4 rings (SSSR count). The molecule has 0 aliphatic heterocycles. The lowest BCUT2D eigenvalue weighted by Gasteiger charge is -2.54. The zero-order chi connectivity index (χ0) is 21.5. The van der Waals surface area contributed by atoms with E-state index in [-0.39, 0.29) is 6.61 Å². The second-order valence-electron chi connectivity index (χ2n) is 12.3. The van der Waals surface area contributed by atoms with Crippen molar-refractivity contribution in [2.24, 2.45) is 40.4 Å². The summed E-state index contributed by atoms with van der Waals surface area (Å²) in [6.45, 7) is 12.6. The van der Waals surface area contributed by atoms with E-state index in [4.69, 9.17) is 0 Å². The quantitative estimate of drug-likeness (QED) is 0.437. The first-order valence-corrected chi connectivity index (χ1v) is 13.3. The molecule has 170 valence electrons. The van der Waals surface area contributed by atoms with Crippen LogP contribution in [-0.2, 0) is 0 Å². The summed E-state index contributed by atoms with van der Waals surface area (Å²) in [6.07, 6.45) is 19.1. The molecule has 1 unspecified atom stereocenters. The van der Waals surface area contributed by atoms with Gasteiger partial charge in [0.15, 0.2) is 0 Å². The fourth-order valence-electron chi connectivity index (χ4n) is 8.81. The first kappa shape index (κ1) is 22.6. The molecule has 0 saturated heterocycles. The van der Waals surface area contributed by atoms with E-state index in [0.717, 1.165) is 23.7 Å². The van der Waals surface area contributed by atoms with Crippen LogP contribution in [0, 0.1) is 40.4 Å². The molecule has 0 amide bonds. The van der Waals surface area contributed by atoms with E-state index >= 15 is 0 Å². The van der Waals surface area contributed by atoms with Gasteiger partial charge >= 0.3 is 0 Å². The molecule has 0 bridgehead atoms. The smallest absolute Gasteiger partial charge is 0.0615 e. The summed E-state index contributed by atoms with van der Waals surface area (Å²) in [5.41, 5.74) is 6.47. The molecular formula is C29H48O. The predicted molar refractivity (Wildman–Crippen MR) is 128 cm³/mol. The summed E-state index contributed by atoms with van der Waals surface area (Å²) < 4.78 is 0. The standard InChI is InChI=1S/C29H48O/c1-20(2)22(16-19-30)10-9-21(3)25-13-14-26-24-12-11-23-8-6-7-17-28(23,4)27(24)15-18-29(25,26)5/h16,20-21,23,25-26,30H,6-15,17-19H2,1-5H3/t21-,23?,25-,26+,28+,29-/m1/s1. The van der Waals surface area contributed by atoms with Crippen LogP contribution in [0.3, 0.4) is 0 Å². The number of hydrogen-bond acceptors (Lipinski definition) is 1. The zero-order valence-electron chi connectivity index (χ0n) is 20.6. The Kier molecular flexibility index (Phi) is 6.61. The molecule has 0 aromatic heterocycles. The Morgan fingerprint density at radius 2 is 1.83 bits per heavy atom. The van der Waals surface area contributed by atoms with E-state index in [1.54, 1.807) is 0 Å². The molecule has 1 nitrogen and oxygen atoms in total. The molecule has 4 aliphatic rings. The maximum Gasteiger partial charge on any atom is 0.0615 e. The Morgan fingerprint density at radius 3 is 2.57 bits per heavy atom. The second kappa shape index (κ2) is 8.76. The fraction of sp³-hybridized carbons (Fsp3) is 0.862. The number of rotatable bonds is 6. The van der Waals surface area contributed by atoms with Gasteiger partial charge in [-0.25, -0.2) is 0 Å². The minimum absolute atomic E-state index is 0.196. The van der Waals surface area contributed by atoms with Gasteiger partial charge in [-0.1, -0.05) is 70.3 Å². The van der Waals surface area contributed by atoms with Crippen LogP contribution in [0.25, 0.3) is 0 Å². The molecule has 0 radical (unpaired) electrons. The number of fused-ring (bicyclic) bond motifs is 4. The van der Waals surface area contributed by atoms with Gasteiger partial charge in [0.1, 0.15) is 0 Å². The predicted octanol–water partition coefficient (Wildman–Crippen LogP) is 8.09. The molecule has 30 heavy (non-hydrogen) atoms. The Bertz CT molecular complexity index is 684. The van der Waals surface area contributed by atoms with Crippen molar-refractivity contribution in [3.8, 4) is 0 Å². The number of aliphatic hydroxyl groups is 1. The van der Waals surface area contributed by atoms with Gasteiger partial charge in [0.2, 0.25) is 0 Å². The molecular weight excluding hydrogens is 364 g/mol. The molecule has 2 fully saturated rings. The topological polar surface area (TPSA) is 20.2 Å². The Labute approximate surface area is 186 Å². The van der Waals surface area contributed by atoms with E-state index in [9.17, 15) is 5.11 Å². The highest BCUT2D eigenvalue weighted by Gasteiger charge is 2.55. The summed E-state index contributed by atoms with van der Waals surface area (Å²) >= 11 is 0. The molecule has 2 saturated carbocycles. The molecule has 1 N–H and O–H groups in total. The lowest BCUT2D eigenvalue weighted by molar-refractivity contribution is 0.0665. The molecule has 0 aromatic carbocycles. The van der Waals surface area contributed by atoms with Gasteiger partial charge < -0.3 is 5.11 Å². The number of hydrogen-bond donors (Lipinski definition) is 1. The maximum atomic E-state index is 9.39. The Morgan fingerprint density at radius 1 is 1.03 bits per heavy atom. The van der Waals surface area contributed by atoms with Crippen LogP contribution >= 0.6 is 0 Å². The molecule has 0 spiro atoms. The van der Waals surface area contributed by atoms with Crippen molar-refractivity contribution in [3.05, 3.63) is 22.8 Å². The summed E-state index contributed by atoms with van der Waals surface area (Å²) in [7, 11) is 0. The van der Waals surface area contributed by atoms with Gasteiger partial charge in [0, 0.05) is 0 Å². The highest BCUT2D eigenvalue weighted by Crippen LogP contribution is 2.66. The minimum atomic E-state index is 0.196. The van der Waals surface area contributed by atoms with Crippen molar-refractivity contribution in [1.82, 2.24) is 0 Å². The van der Waals surface area contributed by atoms with Crippen molar-refractivity contribution in [2.45, 2.75) is 112 Å². The van der Waals surface area contributed by atoms with Gasteiger partial charge in [-0.2, -0.15) is 0 Å².